The van der Waals surface area contributed by atoms with Crippen LogP contribution in [0.25, 0.3) is 0 Å². The number of fused-ring (bicyclic) bond motifs is 1. The van der Waals surface area contributed by atoms with Crippen molar-refractivity contribution < 1.29 is 18.4 Å². The molecule has 0 atom stereocenters. The zero-order valence-corrected chi connectivity index (χ0v) is 15.2. The van der Waals surface area contributed by atoms with E-state index in [0.717, 1.165) is 12.0 Å². The molecule has 3 aromatic rings. The Morgan fingerprint density at radius 1 is 1.18 bits per heavy atom. The van der Waals surface area contributed by atoms with Crippen molar-refractivity contribution in [1.29, 1.82) is 0 Å². The molecule has 4 rings (SSSR count). The molecule has 0 spiro atoms. The Labute approximate surface area is 160 Å². The Balaban J connectivity index is 1.58. The SMILES string of the molecule is Cc1c(C(=O)Nc2cccnc2)oc2c1/C(=N/NC(=O)c1ccco1)CCC2. The second-order valence-electron chi connectivity index (χ2n) is 6.38. The number of hydrogen-bond donors (Lipinski definition) is 2. The number of hydrogen-bond acceptors (Lipinski definition) is 6. The van der Waals surface area contributed by atoms with E-state index >= 15 is 0 Å². The minimum atomic E-state index is -0.430. The first kappa shape index (κ1) is 17.7. The summed E-state index contributed by atoms with van der Waals surface area (Å²) in [6, 6.07) is 6.68. The molecule has 0 saturated heterocycles. The van der Waals surface area contributed by atoms with Crippen molar-refractivity contribution in [2.45, 2.75) is 26.2 Å². The third-order valence-corrected chi connectivity index (χ3v) is 4.49. The number of furan rings is 2. The zero-order chi connectivity index (χ0) is 19.5. The van der Waals surface area contributed by atoms with E-state index in [9.17, 15) is 9.59 Å². The molecular formula is C20H18N4O4. The average Bonchev–Trinajstić information content (AvgIpc) is 3.36. The molecule has 1 aliphatic rings. The Morgan fingerprint density at radius 2 is 2.07 bits per heavy atom. The molecule has 1 aliphatic carbocycles. The molecule has 142 valence electrons. The quantitative estimate of drug-likeness (QED) is 0.677. The van der Waals surface area contributed by atoms with Gasteiger partial charge in [0, 0.05) is 23.7 Å². The van der Waals surface area contributed by atoms with Crippen molar-refractivity contribution in [3.63, 3.8) is 0 Å². The molecule has 0 fully saturated rings. The van der Waals surface area contributed by atoms with E-state index in [0.29, 0.717) is 35.6 Å². The van der Waals surface area contributed by atoms with E-state index in [4.69, 9.17) is 8.83 Å². The maximum absolute atomic E-state index is 12.6. The van der Waals surface area contributed by atoms with Crippen LogP contribution >= 0.6 is 0 Å². The number of aryl methyl sites for hydroxylation is 1. The van der Waals surface area contributed by atoms with Crippen molar-refractivity contribution in [1.82, 2.24) is 10.4 Å². The molecule has 0 radical (unpaired) electrons. The smallest absolute Gasteiger partial charge is 0.307 e. The van der Waals surface area contributed by atoms with E-state index < -0.39 is 5.91 Å². The third-order valence-electron chi connectivity index (χ3n) is 4.49. The van der Waals surface area contributed by atoms with Gasteiger partial charge in [-0.1, -0.05) is 0 Å². The first-order valence-corrected chi connectivity index (χ1v) is 8.88. The summed E-state index contributed by atoms with van der Waals surface area (Å²) in [6.07, 6.45) is 6.82. The van der Waals surface area contributed by atoms with Crippen LogP contribution in [0.15, 0.2) is 56.9 Å². The van der Waals surface area contributed by atoms with Gasteiger partial charge in [-0.25, -0.2) is 5.43 Å². The van der Waals surface area contributed by atoms with Crippen LogP contribution in [-0.2, 0) is 6.42 Å². The Bertz CT molecular complexity index is 1040. The summed E-state index contributed by atoms with van der Waals surface area (Å²) >= 11 is 0. The molecule has 0 aliphatic heterocycles. The second kappa shape index (κ2) is 7.51. The highest BCUT2D eigenvalue weighted by molar-refractivity contribution is 6.09. The predicted octanol–water partition coefficient (Wildman–Crippen LogP) is 3.30. The van der Waals surface area contributed by atoms with Crippen molar-refractivity contribution in [2.75, 3.05) is 5.32 Å². The van der Waals surface area contributed by atoms with Crippen molar-refractivity contribution in [3.05, 3.63) is 71.3 Å². The van der Waals surface area contributed by atoms with Gasteiger partial charge in [0.15, 0.2) is 11.5 Å². The number of carbonyl (C=O) groups excluding carboxylic acids is 2. The lowest BCUT2D eigenvalue weighted by Crippen LogP contribution is -2.21. The number of amides is 2. The number of nitrogens with one attached hydrogen (secondary N) is 2. The molecular weight excluding hydrogens is 360 g/mol. The van der Waals surface area contributed by atoms with Crippen LogP contribution in [-0.4, -0.2) is 22.5 Å². The van der Waals surface area contributed by atoms with Gasteiger partial charge in [0.05, 0.1) is 23.9 Å². The summed E-state index contributed by atoms with van der Waals surface area (Å²) in [5, 5.41) is 7.03. The van der Waals surface area contributed by atoms with Gasteiger partial charge in [-0.05, 0) is 44.0 Å². The van der Waals surface area contributed by atoms with E-state index in [1.54, 1.807) is 36.7 Å². The van der Waals surface area contributed by atoms with Gasteiger partial charge >= 0.3 is 5.91 Å². The molecule has 0 bridgehead atoms. The van der Waals surface area contributed by atoms with Gasteiger partial charge in [-0.2, -0.15) is 5.10 Å². The van der Waals surface area contributed by atoms with Crippen LogP contribution in [0, 0.1) is 6.92 Å². The van der Waals surface area contributed by atoms with Crippen LogP contribution < -0.4 is 10.7 Å². The largest absolute Gasteiger partial charge is 0.459 e. The highest BCUT2D eigenvalue weighted by atomic mass is 16.4. The van der Waals surface area contributed by atoms with Gasteiger partial charge < -0.3 is 14.2 Å². The molecule has 8 nitrogen and oxygen atoms in total. The molecule has 3 aromatic heterocycles. The van der Waals surface area contributed by atoms with Crippen LogP contribution in [0.2, 0.25) is 0 Å². The summed E-state index contributed by atoms with van der Waals surface area (Å²) in [7, 11) is 0. The fourth-order valence-corrected chi connectivity index (χ4v) is 3.20. The summed E-state index contributed by atoms with van der Waals surface area (Å²) in [5.74, 6) is 0.340. The number of hydrazone groups is 1. The third kappa shape index (κ3) is 3.44. The number of rotatable bonds is 4. The maximum atomic E-state index is 12.6. The van der Waals surface area contributed by atoms with Gasteiger partial charge in [0.2, 0.25) is 0 Å². The Kier molecular flexibility index (Phi) is 4.76. The lowest BCUT2D eigenvalue weighted by atomic mass is 9.93. The minimum absolute atomic E-state index is 0.181. The molecule has 0 aromatic carbocycles. The first-order valence-electron chi connectivity index (χ1n) is 8.88. The number of aromatic nitrogens is 1. The Hall–Kier alpha value is -3.68. The minimum Gasteiger partial charge on any atom is -0.459 e. The van der Waals surface area contributed by atoms with Crippen molar-refractivity contribution in [2.24, 2.45) is 5.10 Å². The van der Waals surface area contributed by atoms with Crippen LogP contribution in [0.4, 0.5) is 5.69 Å². The monoisotopic (exact) mass is 378 g/mol. The molecule has 2 N–H and O–H groups in total. The van der Waals surface area contributed by atoms with Gasteiger partial charge in [0.25, 0.3) is 5.91 Å². The van der Waals surface area contributed by atoms with Gasteiger partial charge in [0.1, 0.15) is 5.76 Å². The van der Waals surface area contributed by atoms with Crippen LogP contribution in [0.1, 0.15) is 50.8 Å². The normalized spacial score (nSPS) is 14.5. The van der Waals surface area contributed by atoms with Crippen molar-refractivity contribution in [3.8, 4) is 0 Å². The lowest BCUT2D eigenvalue weighted by molar-refractivity contribution is 0.0926. The highest BCUT2D eigenvalue weighted by Crippen LogP contribution is 2.30. The molecule has 3 heterocycles. The van der Waals surface area contributed by atoms with Crippen LogP contribution in [0.5, 0.6) is 0 Å². The summed E-state index contributed by atoms with van der Waals surface area (Å²) in [5.41, 5.74) is 5.25. The number of anilines is 1. The van der Waals surface area contributed by atoms with E-state index in [2.05, 4.69) is 20.8 Å². The summed E-state index contributed by atoms with van der Waals surface area (Å²) < 4.78 is 10.9. The van der Waals surface area contributed by atoms with Gasteiger partial charge in [-0.15, -0.1) is 0 Å². The standard InChI is InChI=1S/C20H18N4O4/c1-12-17-14(23-24-19(25)16-8-4-10-27-16)6-2-7-15(17)28-18(12)20(26)22-13-5-3-9-21-11-13/h3-5,8-11H,2,6-7H2,1H3,(H,22,26)(H,24,25)/b23-14+. The molecule has 28 heavy (non-hydrogen) atoms. The number of pyridine rings is 1. The highest BCUT2D eigenvalue weighted by Gasteiger charge is 2.28. The first-order chi connectivity index (χ1) is 13.6. The fraction of sp³-hybridized carbons (Fsp3) is 0.200. The average molecular weight is 378 g/mol. The molecule has 2 amide bonds. The summed E-state index contributed by atoms with van der Waals surface area (Å²) in [6.45, 7) is 1.82. The zero-order valence-electron chi connectivity index (χ0n) is 15.2. The molecule has 0 unspecified atom stereocenters. The lowest BCUT2D eigenvalue weighted by Gasteiger charge is -2.13. The predicted molar refractivity (Wildman–Crippen MR) is 101 cm³/mol. The molecule has 0 saturated carbocycles. The van der Waals surface area contributed by atoms with Crippen molar-refractivity contribution >= 4 is 23.2 Å². The van der Waals surface area contributed by atoms with E-state index in [1.165, 1.54) is 6.26 Å². The topological polar surface area (TPSA) is 110 Å². The summed E-state index contributed by atoms with van der Waals surface area (Å²) in [4.78, 5) is 28.7. The van der Waals surface area contributed by atoms with Crippen LogP contribution in [0.3, 0.4) is 0 Å². The number of nitrogens with zero attached hydrogens (tertiary/aromatic N) is 2. The Morgan fingerprint density at radius 3 is 2.82 bits per heavy atom. The maximum Gasteiger partial charge on any atom is 0.307 e. The molecule has 8 heteroatoms. The van der Waals surface area contributed by atoms with E-state index in [1.807, 2.05) is 6.92 Å². The van der Waals surface area contributed by atoms with Gasteiger partial charge in [-0.3, -0.25) is 14.6 Å². The fourth-order valence-electron chi connectivity index (χ4n) is 3.20. The van der Waals surface area contributed by atoms with E-state index in [-0.39, 0.29) is 17.4 Å². The number of carbonyl (C=O) groups is 2. The second-order valence-corrected chi connectivity index (χ2v) is 6.38.